The summed E-state index contributed by atoms with van der Waals surface area (Å²) in [6.07, 6.45) is 1.86. The van der Waals surface area contributed by atoms with Gasteiger partial charge in [0.15, 0.2) is 15.8 Å². The Balaban J connectivity index is 1.47. The number of oxazole rings is 1. The van der Waals surface area contributed by atoms with Gasteiger partial charge in [-0.05, 0) is 25.5 Å². The van der Waals surface area contributed by atoms with Crippen LogP contribution in [0.15, 0.2) is 33.0 Å². The highest BCUT2D eigenvalue weighted by molar-refractivity contribution is 8.01. The molecule has 3 rings (SSSR count). The van der Waals surface area contributed by atoms with E-state index >= 15 is 0 Å². The molecule has 0 aliphatic heterocycles. The summed E-state index contributed by atoms with van der Waals surface area (Å²) in [5, 5.41) is 12.3. The summed E-state index contributed by atoms with van der Waals surface area (Å²) in [5.74, 6) is 1.79. The molecule has 2 aromatic heterocycles. The van der Waals surface area contributed by atoms with Crippen LogP contribution >= 0.6 is 23.1 Å². The molecule has 0 bridgehead atoms. The standard InChI is InChI=1S/C14H16N4OS2/c1-2-15-13-17-18-14(21-13)20-9-5-8-12-16-10-6-3-4-7-11(10)19-12/h3-4,6-7H,2,5,8-9H2,1H3,(H,15,17). The number of benzene rings is 1. The first kappa shape index (κ1) is 14.3. The third-order valence-electron chi connectivity index (χ3n) is 2.83. The van der Waals surface area contributed by atoms with E-state index in [-0.39, 0.29) is 0 Å². The zero-order chi connectivity index (χ0) is 14.5. The fourth-order valence-corrected chi connectivity index (χ4v) is 3.73. The first-order valence-electron chi connectivity index (χ1n) is 6.90. The first-order valence-corrected chi connectivity index (χ1v) is 8.70. The fourth-order valence-electron chi connectivity index (χ4n) is 1.90. The van der Waals surface area contributed by atoms with Gasteiger partial charge in [-0.2, -0.15) is 0 Å². The van der Waals surface area contributed by atoms with Crippen LogP contribution in [0.3, 0.4) is 0 Å². The second-order valence-corrected chi connectivity index (χ2v) is 6.75. The third kappa shape index (κ3) is 3.74. The average Bonchev–Trinajstić information content (AvgIpc) is 3.10. The van der Waals surface area contributed by atoms with Crippen molar-refractivity contribution in [2.24, 2.45) is 0 Å². The minimum Gasteiger partial charge on any atom is -0.441 e. The van der Waals surface area contributed by atoms with Crippen molar-refractivity contribution in [2.75, 3.05) is 17.6 Å². The molecule has 7 heteroatoms. The van der Waals surface area contributed by atoms with Crippen LogP contribution in [0.4, 0.5) is 5.13 Å². The largest absolute Gasteiger partial charge is 0.441 e. The van der Waals surface area contributed by atoms with Crippen LogP contribution in [-0.4, -0.2) is 27.5 Å². The molecule has 0 saturated carbocycles. The molecule has 0 unspecified atom stereocenters. The molecule has 0 saturated heterocycles. The molecule has 110 valence electrons. The minimum absolute atomic E-state index is 0.808. The molecule has 0 fully saturated rings. The number of aromatic nitrogens is 3. The molecule has 3 aromatic rings. The van der Waals surface area contributed by atoms with Crippen molar-refractivity contribution in [2.45, 2.75) is 24.1 Å². The van der Waals surface area contributed by atoms with Gasteiger partial charge >= 0.3 is 0 Å². The molecule has 0 spiro atoms. The van der Waals surface area contributed by atoms with Gasteiger partial charge in [0, 0.05) is 18.7 Å². The molecule has 1 aromatic carbocycles. The van der Waals surface area contributed by atoms with E-state index in [1.165, 1.54) is 0 Å². The van der Waals surface area contributed by atoms with Gasteiger partial charge in [-0.15, -0.1) is 10.2 Å². The lowest BCUT2D eigenvalue weighted by Crippen LogP contribution is -1.94. The Morgan fingerprint density at radius 3 is 3.05 bits per heavy atom. The number of hydrogen-bond donors (Lipinski definition) is 1. The number of nitrogens with zero attached hydrogens (tertiary/aromatic N) is 3. The molecule has 0 atom stereocenters. The molecule has 0 aliphatic carbocycles. The zero-order valence-electron chi connectivity index (χ0n) is 11.7. The Bertz CT molecular complexity index is 677. The van der Waals surface area contributed by atoms with E-state index < -0.39 is 0 Å². The molecule has 5 nitrogen and oxygen atoms in total. The number of hydrogen-bond acceptors (Lipinski definition) is 7. The smallest absolute Gasteiger partial charge is 0.206 e. The van der Waals surface area contributed by atoms with Crippen LogP contribution in [0.5, 0.6) is 0 Å². The summed E-state index contributed by atoms with van der Waals surface area (Å²) >= 11 is 3.33. The van der Waals surface area contributed by atoms with Crippen LogP contribution < -0.4 is 5.32 Å². The first-order chi connectivity index (χ1) is 10.3. The molecule has 2 heterocycles. The zero-order valence-corrected chi connectivity index (χ0v) is 13.3. The maximum absolute atomic E-state index is 5.70. The van der Waals surface area contributed by atoms with E-state index in [4.69, 9.17) is 4.42 Å². The predicted octanol–water partition coefficient (Wildman–Crippen LogP) is 3.84. The Hall–Kier alpha value is -1.60. The summed E-state index contributed by atoms with van der Waals surface area (Å²) < 4.78 is 6.70. The number of anilines is 1. The van der Waals surface area contributed by atoms with Crippen molar-refractivity contribution in [3.8, 4) is 0 Å². The number of aryl methyl sites for hydroxylation is 1. The van der Waals surface area contributed by atoms with Gasteiger partial charge in [-0.25, -0.2) is 4.98 Å². The molecule has 0 aliphatic rings. The summed E-state index contributed by atoms with van der Waals surface area (Å²) in [6, 6.07) is 7.86. The van der Waals surface area contributed by atoms with Crippen LogP contribution in [0.1, 0.15) is 19.2 Å². The monoisotopic (exact) mass is 320 g/mol. The summed E-state index contributed by atoms with van der Waals surface area (Å²) in [4.78, 5) is 4.47. The average molecular weight is 320 g/mol. The Morgan fingerprint density at radius 1 is 1.29 bits per heavy atom. The quantitative estimate of drug-likeness (QED) is 0.527. The van der Waals surface area contributed by atoms with Gasteiger partial charge in [0.25, 0.3) is 0 Å². The van der Waals surface area contributed by atoms with Gasteiger partial charge in [-0.1, -0.05) is 35.2 Å². The Morgan fingerprint density at radius 2 is 2.19 bits per heavy atom. The summed E-state index contributed by atoms with van der Waals surface area (Å²) in [6.45, 7) is 2.92. The van der Waals surface area contributed by atoms with Crippen LogP contribution in [0.25, 0.3) is 11.1 Å². The predicted molar refractivity (Wildman–Crippen MR) is 87.1 cm³/mol. The van der Waals surface area contributed by atoms with Gasteiger partial charge in [-0.3, -0.25) is 0 Å². The number of fused-ring (bicyclic) bond motifs is 1. The number of rotatable bonds is 7. The highest BCUT2D eigenvalue weighted by atomic mass is 32.2. The van der Waals surface area contributed by atoms with Gasteiger partial charge in [0.05, 0.1) is 0 Å². The van der Waals surface area contributed by atoms with Crippen molar-refractivity contribution in [3.63, 3.8) is 0 Å². The Kier molecular flexibility index (Phi) is 4.72. The van der Waals surface area contributed by atoms with Crippen LogP contribution in [0, 0.1) is 0 Å². The van der Waals surface area contributed by atoms with Crippen molar-refractivity contribution in [1.29, 1.82) is 0 Å². The van der Waals surface area contributed by atoms with Gasteiger partial charge < -0.3 is 9.73 Å². The number of para-hydroxylation sites is 2. The highest BCUT2D eigenvalue weighted by Gasteiger charge is 2.06. The maximum Gasteiger partial charge on any atom is 0.206 e. The van der Waals surface area contributed by atoms with Gasteiger partial charge in [0.2, 0.25) is 5.13 Å². The summed E-state index contributed by atoms with van der Waals surface area (Å²) in [7, 11) is 0. The van der Waals surface area contributed by atoms with E-state index in [0.717, 1.165) is 51.6 Å². The Labute approximate surface area is 131 Å². The molecule has 21 heavy (non-hydrogen) atoms. The van der Waals surface area contributed by atoms with Crippen LogP contribution in [-0.2, 0) is 6.42 Å². The molecule has 1 N–H and O–H groups in total. The van der Waals surface area contributed by atoms with Gasteiger partial charge in [0.1, 0.15) is 5.52 Å². The fraction of sp³-hybridized carbons (Fsp3) is 0.357. The lowest BCUT2D eigenvalue weighted by molar-refractivity contribution is 0.526. The molecular formula is C14H16N4OS2. The molecule has 0 radical (unpaired) electrons. The second-order valence-electron chi connectivity index (χ2n) is 4.43. The second kappa shape index (κ2) is 6.91. The highest BCUT2D eigenvalue weighted by Crippen LogP contribution is 2.26. The minimum atomic E-state index is 0.808. The van der Waals surface area contributed by atoms with Crippen molar-refractivity contribution in [1.82, 2.24) is 15.2 Å². The molecule has 0 amide bonds. The SMILES string of the molecule is CCNc1nnc(SCCCc2nc3ccccc3o2)s1. The van der Waals surface area contributed by atoms with E-state index in [1.54, 1.807) is 23.1 Å². The van der Waals surface area contributed by atoms with E-state index in [9.17, 15) is 0 Å². The van der Waals surface area contributed by atoms with E-state index in [1.807, 2.05) is 24.3 Å². The van der Waals surface area contributed by atoms with E-state index in [0.29, 0.717) is 0 Å². The van der Waals surface area contributed by atoms with Crippen LogP contribution in [0.2, 0.25) is 0 Å². The normalized spacial score (nSPS) is 11.1. The lowest BCUT2D eigenvalue weighted by atomic mass is 10.3. The topological polar surface area (TPSA) is 63.8 Å². The lowest BCUT2D eigenvalue weighted by Gasteiger charge is -1.95. The van der Waals surface area contributed by atoms with E-state index in [2.05, 4.69) is 27.4 Å². The molecular weight excluding hydrogens is 304 g/mol. The van der Waals surface area contributed by atoms with Crippen molar-refractivity contribution >= 4 is 39.3 Å². The van der Waals surface area contributed by atoms with Crippen molar-refractivity contribution in [3.05, 3.63) is 30.2 Å². The summed E-state index contributed by atoms with van der Waals surface area (Å²) in [5.41, 5.74) is 1.79. The number of thioether (sulfide) groups is 1. The van der Waals surface area contributed by atoms with Crippen molar-refractivity contribution < 1.29 is 4.42 Å². The third-order valence-corrected chi connectivity index (χ3v) is 4.93. The number of nitrogens with one attached hydrogen (secondary N) is 1. The maximum atomic E-state index is 5.70.